The van der Waals surface area contributed by atoms with Crippen LogP contribution in [0.5, 0.6) is 0 Å². The van der Waals surface area contributed by atoms with E-state index in [0.29, 0.717) is 23.9 Å². The topological polar surface area (TPSA) is 87.2 Å². The lowest BCUT2D eigenvalue weighted by molar-refractivity contribution is 0.0521. The molecule has 2 rings (SSSR count). The van der Waals surface area contributed by atoms with Crippen molar-refractivity contribution in [3.05, 3.63) is 12.0 Å². The Labute approximate surface area is 108 Å². The molecule has 0 amide bonds. The molecule has 0 bridgehead atoms. The van der Waals surface area contributed by atoms with Crippen molar-refractivity contribution in [3.8, 4) is 0 Å². The summed E-state index contributed by atoms with van der Waals surface area (Å²) in [5.74, 6) is 1.20. The number of anilines is 1. The van der Waals surface area contributed by atoms with Crippen LogP contribution in [0.3, 0.4) is 0 Å². The monoisotopic (exact) mass is 271 g/mol. The first-order chi connectivity index (χ1) is 8.63. The average molecular weight is 271 g/mol. The van der Waals surface area contributed by atoms with Gasteiger partial charge in [0.2, 0.25) is 0 Å². The number of nitrogen functional groups attached to an aromatic ring is 1. The molecule has 1 aromatic heterocycles. The second kappa shape index (κ2) is 5.51. The predicted molar refractivity (Wildman–Crippen MR) is 68.7 cm³/mol. The lowest BCUT2D eigenvalue weighted by Gasteiger charge is -2.23. The Bertz CT molecular complexity index is 462. The summed E-state index contributed by atoms with van der Waals surface area (Å²) in [6.45, 7) is 2.04. The van der Waals surface area contributed by atoms with E-state index in [4.69, 9.17) is 10.5 Å². The first kappa shape index (κ1) is 13.1. The summed E-state index contributed by atoms with van der Waals surface area (Å²) >= 11 is 0. The maximum absolute atomic E-state index is 11.6. The van der Waals surface area contributed by atoms with Crippen LogP contribution in [0.1, 0.15) is 36.3 Å². The van der Waals surface area contributed by atoms with Crippen LogP contribution in [-0.4, -0.2) is 37.8 Å². The Balaban J connectivity index is 2.15. The second-order valence-electron chi connectivity index (χ2n) is 4.19. The number of hydrogen-bond acceptors (Lipinski definition) is 5. The van der Waals surface area contributed by atoms with Gasteiger partial charge in [-0.1, -0.05) is 0 Å². The van der Waals surface area contributed by atoms with Crippen LogP contribution < -0.4 is 5.73 Å². The Morgan fingerprint density at radius 2 is 2.28 bits per heavy atom. The number of carbonyl (C=O) groups is 1. The first-order valence-corrected chi connectivity index (χ1v) is 7.46. The molecular weight excluding hydrogens is 254 g/mol. The SMILES string of the molecule is CCOC(=O)c1ncn(C2CCS(=O)CC2)c1N. The third-order valence-electron chi connectivity index (χ3n) is 3.05. The number of nitrogens with zero attached hydrogens (tertiary/aromatic N) is 2. The molecule has 100 valence electrons. The molecule has 0 atom stereocenters. The molecule has 1 saturated heterocycles. The van der Waals surface area contributed by atoms with E-state index in [2.05, 4.69) is 4.98 Å². The fraction of sp³-hybridized carbons (Fsp3) is 0.636. The van der Waals surface area contributed by atoms with Gasteiger partial charge in [-0.3, -0.25) is 4.21 Å². The zero-order valence-corrected chi connectivity index (χ0v) is 11.1. The molecule has 0 saturated carbocycles. The first-order valence-electron chi connectivity index (χ1n) is 5.98. The molecule has 6 nitrogen and oxygen atoms in total. The number of imidazole rings is 1. The molecule has 18 heavy (non-hydrogen) atoms. The molecular formula is C11H17N3O3S. The number of rotatable bonds is 3. The highest BCUT2D eigenvalue weighted by atomic mass is 32.2. The van der Waals surface area contributed by atoms with Crippen molar-refractivity contribution in [2.75, 3.05) is 23.8 Å². The standard InChI is InChI=1S/C11H17N3O3S/c1-2-17-11(15)9-10(12)14(7-13-9)8-3-5-18(16)6-4-8/h7-8H,2-6,12H2,1H3. The van der Waals surface area contributed by atoms with Gasteiger partial charge < -0.3 is 15.0 Å². The van der Waals surface area contributed by atoms with E-state index in [1.165, 1.54) is 0 Å². The van der Waals surface area contributed by atoms with Gasteiger partial charge in [-0.25, -0.2) is 9.78 Å². The maximum Gasteiger partial charge on any atom is 0.360 e. The minimum absolute atomic E-state index is 0.170. The molecule has 1 fully saturated rings. The minimum atomic E-state index is -0.712. The third kappa shape index (κ3) is 2.55. The van der Waals surface area contributed by atoms with Gasteiger partial charge in [-0.2, -0.15) is 0 Å². The highest BCUT2D eigenvalue weighted by Crippen LogP contribution is 2.26. The van der Waals surface area contributed by atoms with Crippen LogP contribution in [0.15, 0.2) is 6.33 Å². The molecule has 0 unspecified atom stereocenters. The fourth-order valence-electron chi connectivity index (χ4n) is 2.08. The summed E-state index contributed by atoms with van der Waals surface area (Å²) in [5.41, 5.74) is 6.09. The zero-order valence-electron chi connectivity index (χ0n) is 10.3. The summed E-state index contributed by atoms with van der Waals surface area (Å²) < 4.78 is 18.0. The number of esters is 1. The van der Waals surface area contributed by atoms with Gasteiger partial charge in [0.25, 0.3) is 0 Å². The number of ether oxygens (including phenoxy) is 1. The molecule has 0 aromatic carbocycles. The van der Waals surface area contributed by atoms with E-state index in [1.54, 1.807) is 17.8 Å². The van der Waals surface area contributed by atoms with Crippen LogP contribution in [0.25, 0.3) is 0 Å². The van der Waals surface area contributed by atoms with Crippen molar-refractivity contribution in [2.24, 2.45) is 0 Å². The average Bonchev–Trinajstić information content (AvgIpc) is 2.73. The summed E-state index contributed by atoms with van der Waals surface area (Å²) in [6.07, 6.45) is 3.17. The Kier molecular flexibility index (Phi) is 4.00. The quantitative estimate of drug-likeness (QED) is 0.819. The van der Waals surface area contributed by atoms with E-state index in [0.717, 1.165) is 12.8 Å². The van der Waals surface area contributed by atoms with E-state index in [1.807, 2.05) is 0 Å². The summed E-state index contributed by atoms with van der Waals surface area (Å²) in [4.78, 5) is 15.6. The van der Waals surface area contributed by atoms with Crippen molar-refractivity contribution in [1.29, 1.82) is 0 Å². The third-order valence-corrected chi connectivity index (χ3v) is 4.43. The largest absolute Gasteiger partial charge is 0.461 e. The molecule has 1 aliphatic rings. The molecule has 1 aliphatic heterocycles. The molecule has 0 aliphatic carbocycles. The van der Waals surface area contributed by atoms with Crippen LogP contribution in [-0.2, 0) is 15.5 Å². The second-order valence-corrected chi connectivity index (χ2v) is 5.88. The van der Waals surface area contributed by atoms with Gasteiger partial charge in [0.05, 0.1) is 12.9 Å². The molecule has 2 heterocycles. The van der Waals surface area contributed by atoms with E-state index in [-0.39, 0.29) is 11.7 Å². The summed E-state index contributed by atoms with van der Waals surface area (Å²) in [6, 6.07) is 0.179. The summed E-state index contributed by atoms with van der Waals surface area (Å²) in [5, 5.41) is 0. The number of hydrogen-bond donors (Lipinski definition) is 1. The van der Waals surface area contributed by atoms with Crippen LogP contribution >= 0.6 is 0 Å². The van der Waals surface area contributed by atoms with Gasteiger partial charge >= 0.3 is 5.97 Å². The van der Waals surface area contributed by atoms with Gasteiger partial charge in [0, 0.05) is 28.3 Å². The van der Waals surface area contributed by atoms with Gasteiger partial charge in [-0.15, -0.1) is 0 Å². The number of aromatic nitrogens is 2. The Morgan fingerprint density at radius 3 is 2.89 bits per heavy atom. The van der Waals surface area contributed by atoms with Crippen molar-refractivity contribution in [1.82, 2.24) is 9.55 Å². The van der Waals surface area contributed by atoms with E-state index >= 15 is 0 Å². The van der Waals surface area contributed by atoms with Crippen molar-refractivity contribution in [3.63, 3.8) is 0 Å². The van der Waals surface area contributed by atoms with Gasteiger partial charge in [0.15, 0.2) is 5.69 Å². The smallest absolute Gasteiger partial charge is 0.360 e. The van der Waals surface area contributed by atoms with Crippen LogP contribution in [0.2, 0.25) is 0 Å². The molecule has 2 N–H and O–H groups in total. The molecule has 0 spiro atoms. The lowest BCUT2D eigenvalue weighted by Crippen LogP contribution is -2.22. The van der Waals surface area contributed by atoms with Gasteiger partial charge in [-0.05, 0) is 19.8 Å². The fourth-order valence-corrected chi connectivity index (χ4v) is 3.35. The van der Waals surface area contributed by atoms with Crippen LogP contribution in [0.4, 0.5) is 5.82 Å². The minimum Gasteiger partial charge on any atom is -0.461 e. The lowest BCUT2D eigenvalue weighted by atomic mass is 10.1. The number of nitrogens with two attached hydrogens (primary N) is 1. The highest BCUT2D eigenvalue weighted by molar-refractivity contribution is 7.85. The van der Waals surface area contributed by atoms with Crippen molar-refractivity contribution < 1.29 is 13.7 Å². The molecule has 0 radical (unpaired) electrons. The molecule has 7 heteroatoms. The van der Waals surface area contributed by atoms with Crippen molar-refractivity contribution in [2.45, 2.75) is 25.8 Å². The normalized spacial score (nSPS) is 23.8. The zero-order chi connectivity index (χ0) is 13.1. The Hall–Kier alpha value is -1.37. The number of carbonyl (C=O) groups excluding carboxylic acids is 1. The predicted octanol–water partition coefficient (Wildman–Crippen LogP) is 0.726. The summed E-state index contributed by atoms with van der Waals surface area (Å²) in [7, 11) is -0.712. The van der Waals surface area contributed by atoms with E-state index < -0.39 is 16.8 Å². The Morgan fingerprint density at radius 1 is 1.61 bits per heavy atom. The highest BCUT2D eigenvalue weighted by Gasteiger charge is 2.24. The van der Waals surface area contributed by atoms with E-state index in [9.17, 15) is 9.00 Å². The van der Waals surface area contributed by atoms with Crippen molar-refractivity contribution >= 4 is 22.6 Å². The maximum atomic E-state index is 11.6. The molecule has 1 aromatic rings. The van der Waals surface area contributed by atoms with Gasteiger partial charge in [0.1, 0.15) is 5.82 Å². The van der Waals surface area contributed by atoms with Crippen LogP contribution in [0, 0.1) is 0 Å².